The van der Waals surface area contributed by atoms with Crippen molar-refractivity contribution in [1.29, 1.82) is 0 Å². The lowest BCUT2D eigenvalue weighted by molar-refractivity contribution is 0.347. The van der Waals surface area contributed by atoms with Crippen LogP contribution in [0.5, 0.6) is 0 Å². The number of hydrogen-bond donors (Lipinski definition) is 2. The lowest BCUT2D eigenvalue weighted by Gasteiger charge is -2.71. The summed E-state index contributed by atoms with van der Waals surface area (Å²) in [5.74, 6) is 0.254. The molecule has 0 aliphatic carbocycles. The lowest BCUT2D eigenvalue weighted by atomic mass is 9.27. The van der Waals surface area contributed by atoms with E-state index < -0.39 is 21.4 Å². The minimum atomic E-state index is -2.04. The van der Waals surface area contributed by atoms with Gasteiger partial charge in [-0.3, -0.25) is 0 Å². The van der Waals surface area contributed by atoms with E-state index in [1.54, 1.807) is 10.6 Å². The molecule has 2 N–H and O–H groups in total. The lowest BCUT2D eigenvalue weighted by Crippen LogP contribution is -2.92. The van der Waals surface area contributed by atoms with Crippen LogP contribution in [-0.4, -0.2) is 109 Å². The van der Waals surface area contributed by atoms with Gasteiger partial charge in [-0.15, -0.1) is 0 Å². The number of anilines is 1. The molecule has 1 aliphatic heterocycles. The SMILES string of the molecule is [B]C1([B])NC([B])([B])C([B])([B])N(c2ccc3[nH]c(-c4cn5ncnc5c(C)c4C)c(C(C)C)c3n2)C1([B])[B]. The van der Waals surface area contributed by atoms with Gasteiger partial charge in [0.1, 0.15) is 12.1 Å². The zero-order valence-corrected chi connectivity index (χ0v) is 21.2. The van der Waals surface area contributed by atoms with Gasteiger partial charge in [-0.25, -0.2) is 14.5 Å². The van der Waals surface area contributed by atoms with Gasteiger partial charge in [0.05, 0.1) is 79.5 Å². The highest BCUT2D eigenvalue weighted by Crippen LogP contribution is 2.41. The fraction of sp³-hybridized carbons (Fsp3) is 0.409. The summed E-state index contributed by atoms with van der Waals surface area (Å²) < 4.78 is 1.76. The third-order valence-electron chi connectivity index (χ3n) is 7.35. The topological polar surface area (TPSA) is 74.1 Å². The Kier molecular flexibility index (Phi) is 5.70. The van der Waals surface area contributed by atoms with E-state index in [4.69, 9.17) is 67.8 Å². The maximum Gasteiger partial charge on any atom is 0.158 e. The van der Waals surface area contributed by atoms with E-state index in [-0.39, 0.29) is 11.7 Å². The van der Waals surface area contributed by atoms with E-state index in [2.05, 4.69) is 34.2 Å². The highest BCUT2D eigenvalue weighted by molar-refractivity contribution is 6.62. The molecule has 0 saturated carbocycles. The Morgan fingerprint density at radius 2 is 1.51 bits per heavy atom. The molecule has 15 heteroatoms. The van der Waals surface area contributed by atoms with Crippen LogP contribution in [0.3, 0.4) is 0 Å². The first-order valence-electron chi connectivity index (χ1n) is 11.7. The molecule has 0 unspecified atom stereocenters. The predicted octanol–water partition coefficient (Wildman–Crippen LogP) is -0.614. The molecule has 0 amide bonds. The van der Waals surface area contributed by atoms with Gasteiger partial charge in [0.15, 0.2) is 5.65 Å². The Morgan fingerprint density at radius 1 is 0.892 bits per heavy atom. The average molecular weight is 468 g/mol. The van der Waals surface area contributed by atoms with Crippen LogP contribution in [0, 0.1) is 13.8 Å². The highest BCUT2D eigenvalue weighted by Gasteiger charge is 2.56. The molecule has 37 heavy (non-hydrogen) atoms. The van der Waals surface area contributed by atoms with Crippen molar-refractivity contribution < 1.29 is 0 Å². The number of nitrogens with one attached hydrogen (secondary N) is 2. The molecule has 7 nitrogen and oxygen atoms in total. The highest BCUT2D eigenvalue weighted by atomic mass is 15.3. The van der Waals surface area contributed by atoms with Gasteiger partial charge in [0, 0.05) is 17.3 Å². The van der Waals surface area contributed by atoms with E-state index in [9.17, 15) is 0 Å². The van der Waals surface area contributed by atoms with Crippen LogP contribution in [-0.2, 0) is 0 Å². The van der Waals surface area contributed by atoms with E-state index in [1.165, 1.54) is 6.33 Å². The molecule has 5 rings (SSSR count). The summed E-state index contributed by atoms with van der Waals surface area (Å²) in [5.41, 5.74) is 7.12. The summed E-state index contributed by atoms with van der Waals surface area (Å²) in [7, 11) is 50.3. The normalized spacial score (nSPS) is 20.1. The molecular weight excluding hydrogens is 449 g/mol. The number of fused-ring (bicyclic) bond motifs is 2. The Morgan fingerprint density at radius 3 is 2.11 bits per heavy atom. The number of aromatic nitrogens is 5. The van der Waals surface area contributed by atoms with Crippen LogP contribution in [0.4, 0.5) is 5.82 Å². The smallest absolute Gasteiger partial charge is 0.158 e. The van der Waals surface area contributed by atoms with E-state index in [1.807, 2.05) is 26.1 Å². The summed E-state index contributed by atoms with van der Waals surface area (Å²) in [6.45, 7) is 8.21. The molecule has 4 aromatic rings. The number of pyridine rings is 2. The van der Waals surface area contributed by atoms with Gasteiger partial charge < -0.3 is 15.2 Å². The Labute approximate surface area is 227 Å². The number of piperazine rings is 1. The minimum Gasteiger partial charge on any atom is -0.379 e. The van der Waals surface area contributed by atoms with Gasteiger partial charge in [-0.2, -0.15) is 5.10 Å². The Hall–Kier alpha value is -2.41. The van der Waals surface area contributed by atoms with E-state index in [0.29, 0.717) is 5.52 Å². The molecule has 0 bridgehead atoms. The van der Waals surface area contributed by atoms with Crippen molar-refractivity contribution in [2.24, 2.45) is 0 Å². The molecule has 1 fully saturated rings. The van der Waals surface area contributed by atoms with Gasteiger partial charge in [-0.05, 0) is 53.7 Å². The maximum atomic E-state index is 6.40. The van der Waals surface area contributed by atoms with Crippen LogP contribution in [0.1, 0.15) is 36.5 Å². The minimum absolute atomic E-state index is 0.0629. The molecule has 0 spiro atoms. The number of aryl methyl sites for hydroxylation is 1. The third kappa shape index (κ3) is 3.59. The molecule has 0 aromatic carbocycles. The fourth-order valence-electron chi connectivity index (χ4n) is 5.03. The standard InChI is InChI=1S/C22H19B8N7/c1-9(2)15-16(12-7-36-18(31-8-32-36)11(4)10(12)3)33-13-5-6-14(34-17(13)15)37-21(27,28)19(23,24)35-20(25,26)22(37,29)30/h5-9,33,35H,1-4H3. The number of H-pyrrole nitrogens is 1. The van der Waals surface area contributed by atoms with Crippen molar-refractivity contribution in [1.82, 2.24) is 29.9 Å². The zero-order valence-electron chi connectivity index (χ0n) is 21.2. The summed E-state index contributed by atoms with van der Waals surface area (Å²) in [6, 6.07) is 3.46. The van der Waals surface area contributed by atoms with Crippen molar-refractivity contribution in [3.63, 3.8) is 0 Å². The van der Waals surface area contributed by atoms with Crippen molar-refractivity contribution in [3.8, 4) is 11.3 Å². The zero-order chi connectivity index (χ0) is 27.3. The first-order chi connectivity index (χ1) is 17.0. The van der Waals surface area contributed by atoms with Gasteiger partial charge in [-0.1, -0.05) is 24.5 Å². The predicted molar refractivity (Wildman–Crippen MR) is 154 cm³/mol. The van der Waals surface area contributed by atoms with Crippen LogP contribution < -0.4 is 10.2 Å². The van der Waals surface area contributed by atoms with Gasteiger partial charge >= 0.3 is 0 Å². The van der Waals surface area contributed by atoms with E-state index >= 15 is 0 Å². The second-order valence-electron chi connectivity index (χ2n) is 10.3. The molecule has 1 saturated heterocycles. The molecule has 1 aliphatic rings. The second kappa shape index (κ2) is 8.05. The first-order valence-corrected chi connectivity index (χ1v) is 11.7. The van der Waals surface area contributed by atoms with Gasteiger partial charge in [0.2, 0.25) is 0 Å². The molecule has 16 radical (unpaired) electrons. The molecular formula is C22H19B8N7. The average Bonchev–Trinajstić information content (AvgIpc) is 3.38. The Balaban J connectivity index is 1.76. The van der Waals surface area contributed by atoms with Crippen molar-refractivity contribution >= 4 is 85.3 Å². The third-order valence-corrected chi connectivity index (χ3v) is 7.35. The second-order valence-corrected chi connectivity index (χ2v) is 10.3. The fourth-order valence-corrected chi connectivity index (χ4v) is 5.03. The quantitative estimate of drug-likeness (QED) is 0.393. The summed E-state index contributed by atoms with van der Waals surface area (Å²) in [4.78, 5) is 13.9. The van der Waals surface area contributed by atoms with Crippen LogP contribution in [0.25, 0.3) is 27.9 Å². The largest absolute Gasteiger partial charge is 0.379 e. The van der Waals surface area contributed by atoms with Crippen molar-refractivity contribution in [2.45, 2.75) is 55.0 Å². The number of nitrogens with zero attached hydrogens (tertiary/aromatic N) is 5. The van der Waals surface area contributed by atoms with Gasteiger partial charge in [0.25, 0.3) is 0 Å². The number of hydrogen-bond acceptors (Lipinski definition) is 5. The summed E-state index contributed by atoms with van der Waals surface area (Å²) in [5, 5.41) is -1.17. The maximum absolute atomic E-state index is 6.40. The molecule has 5 heterocycles. The number of rotatable bonds is 3. The van der Waals surface area contributed by atoms with E-state index in [0.717, 1.165) is 44.0 Å². The van der Waals surface area contributed by atoms with Crippen molar-refractivity contribution in [3.05, 3.63) is 41.3 Å². The van der Waals surface area contributed by atoms with Crippen LogP contribution in [0.15, 0.2) is 24.7 Å². The molecule has 0 atom stereocenters. The molecule has 4 aromatic heterocycles. The summed E-state index contributed by atoms with van der Waals surface area (Å²) in [6.07, 6.45) is 3.48. The monoisotopic (exact) mass is 469 g/mol. The first kappa shape index (κ1) is 26.2. The van der Waals surface area contributed by atoms with Crippen LogP contribution in [0.2, 0.25) is 0 Å². The molecule has 166 valence electrons. The number of aromatic amines is 1. The summed E-state index contributed by atoms with van der Waals surface area (Å²) >= 11 is 0. The van der Waals surface area contributed by atoms with Crippen molar-refractivity contribution in [2.75, 3.05) is 4.90 Å². The Bertz CT molecular complexity index is 1510. The van der Waals surface area contributed by atoms with Crippen LogP contribution >= 0.6 is 0 Å².